The smallest absolute Gasteiger partial charge is 0.122 e. The molecule has 16 heavy (non-hydrogen) atoms. The summed E-state index contributed by atoms with van der Waals surface area (Å²) in [6.07, 6.45) is 3.34. The van der Waals surface area contributed by atoms with Gasteiger partial charge >= 0.3 is 0 Å². The predicted molar refractivity (Wildman–Crippen MR) is 67.1 cm³/mol. The molecule has 2 heteroatoms. The fourth-order valence-corrected chi connectivity index (χ4v) is 2.27. The molecular formula is C14H21NO. The van der Waals surface area contributed by atoms with Crippen molar-refractivity contribution in [3.63, 3.8) is 0 Å². The van der Waals surface area contributed by atoms with Gasteiger partial charge in [-0.05, 0) is 68.4 Å². The molecule has 88 valence electrons. The fourth-order valence-electron chi connectivity index (χ4n) is 2.27. The van der Waals surface area contributed by atoms with Crippen LogP contribution >= 0.6 is 0 Å². The zero-order chi connectivity index (χ0) is 11.9. The van der Waals surface area contributed by atoms with Crippen LogP contribution in [0.15, 0.2) is 6.07 Å². The molecule has 0 aliphatic heterocycles. The van der Waals surface area contributed by atoms with Gasteiger partial charge in [0.15, 0.2) is 0 Å². The largest absolute Gasteiger partial charge is 0.496 e. The first-order valence-electron chi connectivity index (χ1n) is 5.89. The Morgan fingerprint density at radius 1 is 1.25 bits per heavy atom. The number of nitrogens with two attached hydrogens (primary N) is 1. The highest BCUT2D eigenvalue weighted by molar-refractivity contribution is 5.49. The molecule has 0 bridgehead atoms. The number of hydrogen-bond donors (Lipinski definition) is 1. The summed E-state index contributed by atoms with van der Waals surface area (Å²) in [6, 6.07) is 2.13. The third-order valence-corrected chi connectivity index (χ3v) is 3.85. The molecule has 2 nitrogen and oxygen atoms in total. The van der Waals surface area contributed by atoms with Crippen LogP contribution in [0, 0.1) is 20.8 Å². The minimum absolute atomic E-state index is 0.0799. The van der Waals surface area contributed by atoms with Crippen LogP contribution in [0.2, 0.25) is 0 Å². The van der Waals surface area contributed by atoms with Crippen LogP contribution < -0.4 is 10.5 Å². The molecular weight excluding hydrogens is 198 g/mol. The van der Waals surface area contributed by atoms with Crippen molar-refractivity contribution in [3.05, 3.63) is 28.3 Å². The topological polar surface area (TPSA) is 35.2 Å². The molecule has 0 unspecified atom stereocenters. The molecule has 2 rings (SSSR count). The van der Waals surface area contributed by atoms with E-state index in [-0.39, 0.29) is 5.54 Å². The third kappa shape index (κ3) is 1.94. The van der Waals surface area contributed by atoms with E-state index in [1.165, 1.54) is 22.3 Å². The van der Waals surface area contributed by atoms with E-state index in [4.69, 9.17) is 10.5 Å². The second kappa shape index (κ2) is 3.77. The molecule has 1 saturated carbocycles. The zero-order valence-electron chi connectivity index (χ0n) is 10.7. The molecule has 1 aromatic rings. The highest BCUT2D eigenvalue weighted by Gasteiger charge is 2.38. The number of hydrogen-bond acceptors (Lipinski definition) is 2. The van der Waals surface area contributed by atoms with E-state index in [1.807, 2.05) is 0 Å². The first kappa shape index (κ1) is 11.5. The van der Waals surface area contributed by atoms with Crippen molar-refractivity contribution in [3.8, 4) is 5.75 Å². The van der Waals surface area contributed by atoms with E-state index >= 15 is 0 Å². The van der Waals surface area contributed by atoms with Crippen LogP contribution in [-0.2, 0) is 6.42 Å². The van der Waals surface area contributed by atoms with E-state index in [2.05, 4.69) is 26.8 Å². The average Bonchev–Trinajstić information content (AvgIpc) is 2.97. The second-order valence-electron chi connectivity index (χ2n) is 5.16. The molecule has 0 saturated heterocycles. The van der Waals surface area contributed by atoms with Gasteiger partial charge in [0, 0.05) is 5.54 Å². The second-order valence-corrected chi connectivity index (χ2v) is 5.16. The van der Waals surface area contributed by atoms with Crippen molar-refractivity contribution in [2.45, 2.75) is 45.6 Å². The Bertz CT molecular complexity index is 419. The van der Waals surface area contributed by atoms with Crippen LogP contribution in [0.3, 0.4) is 0 Å². The Hall–Kier alpha value is -1.02. The molecule has 0 aromatic heterocycles. The van der Waals surface area contributed by atoms with E-state index in [0.29, 0.717) is 0 Å². The van der Waals surface area contributed by atoms with E-state index in [9.17, 15) is 0 Å². The number of aryl methyl sites for hydroxylation is 1. The molecule has 1 aliphatic carbocycles. The monoisotopic (exact) mass is 219 g/mol. The Kier molecular flexibility index (Phi) is 2.70. The molecule has 0 heterocycles. The van der Waals surface area contributed by atoms with Crippen LogP contribution in [0.1, 0.15) is 35.1 Å². The van der Waals surface area contributed by atoms with Gasteiger partial charge in [0.1, 0.15) is 5.75 Å². The maximum absolute atomic E-state index is 6.21. The van der Waals surface area contributed by atoms with E-state index in [0.717, 1.165) is 25.0 Å². The Morgan fingerprint density at radius 2 is 1.88 bits per heavy atom. The van der Waals surface area contributed by atoms with Gasteiger partial charge in [0.05, 0.1) is 7.11 Å². The quantitative estimate of drug-likeness (QED) is 0.848. The summed E-state index contributed by atoms with van der Waals surface area (Å²) in [5, 5.41) is 0. The third-order valence-electron chi connectivity index (χ3n) is 3.85. The maximum Gasteiger partial charge on any atom is 0.122 e. The number of rotatable bonds is 3. The first-order valence-corrected chi connectivity index (χ1v) is 5.89. The minimum atomic E-state index is 0.0799. The SMILES string of the molecule is COc1cc(C)c(CC2(N)CC2)c(C)c1C. The Balaban J connectivity index is 2.41. The van der Waals surface area contributed by atoms with Crippen molar-refractivity contribution < 1.29 is 4.74 Å². The van der Waals surface area contributed by atoms with Crippen molar-refractivity contribution in [2.75, 3.05) is 7.11 Å². The summed E-state index contributed by atoms with van der Waals surface area (Å²) in [6.45, 7) is 6.44. The lowest BCUT2D eigenvalue weighted by atomic mass is 9.92. The minimum Gasteiger partial charge on any atom is -0.496 e. The summed E-state index contributed by atoms with van der Waals surface area (Å²) in [5.41, 5.74) is 11.6. The molecule has 2 N–H and O–H groups in total. The first-order chi connectivity index (χ1) is 7.47. The Morgan fingerprint density at radius 3 is 2.38 bits per heavy atom. The summed E-state index contributed by atoms with van der Waals surface area (Å²) in [4.78, 5) is 0. The summed E-state index contributed by atoms with van der Waals surface area (Å²) < 4.78 is 5.38. The molecule has 1 aromatic carbocycles. The standard InChI is InChI=1S/C14H21NO/c1-9-7-13(16-4)11(3)10(2)12(9)8-14(15)5-6-14/h7H,5-6,8,15H2,1-4H3. The molecule has 0 amide bonds. The van der Waals surface area contributed by atoms with Crippen molar-refractivity contribution in [1.82, 2.24) is 0 Å². The lowest BCUT2D eigenvalue weighted by molar-refractivity contribution is 0.410. The zero-order valence-corrected chi connectivity index (χ0v) is 10.7. The van der Waals surface area contributed by atoms with Gasteiger partial charge in [-0.3, -0.25) is 0 Å². The molecule has 1 aliphatic rings. The molecule has 0 radical (unpaired) electrons. The van der Waals surface area contributed by atoms with Gasteiger partial charge in [-0.2, -0.15) is 0 Å². The lowest BCUT2D eigenvalue weighted by Crippen LogP contribution is -2.25. The highest BCUT2D eigenvalue weighted by Crippen LogP contribution is 2.38. The van der Waals surface area contributed by atoms with Crippen LogP contribution in [0.5, 0.6) is 5.75 Å². The molecule has 1 fully saturated rings. The predicted octanol–water partition coefficient (Wildman–Crippen LogP) is 2.65. The Labute approximate surface area is 97.8 Å². The van der Waals surface area contributed by atoms with Gasteiger partial charge in [-0.15, -0.1) is 0 Å². The van der Waals surface area contributed by atoms with Gasteiger partial charge in [0.25, 0.3) is 0 Å². The number of benzene rings is 1. The normalized spacial score (nSPS) is 17.3. The van der Waals surface area contributed by atoms with Crippen molar-refractivity contribution in [2.24, 2.45) is 5.73 Å². The van der Waals surface area contributed by atoms with Gasteiger partial charge in [-0.1, -0.05) is 0 Å². The number of ether oxygens (including phenoxy) is 1. The molecule has 0 atom stereocenters. The van der Waals surface area contributed by atoms with Gasteiger partial charge in [0.2, 0.25) is 0 Å². The van der Waals surface area contributed by atoms with Gasteiger partial charge in [-0.25, -0.2) is 0 Å². The van der Waals surface area contributed by atoms with Crippen molar-refractivity contribution >= 4 is 0 Å². The van der Waals surface area contributed by atoms with Crippen LogP contribution in [-0.4, -0.2) is 12.6 Å². The van der Waals surface area contributed by atoms with Crippen molar-refractivity contribution in [1.29, 1.82) is 0 Å². The highest BCUT2D eigenvalue weighted by atomic mass is 16.5. The fraction of sp³-hybridized carbons (Fsp3) is 0.571. The van der Waals surface area contributed by atoms with Crippen LogP contribution in [0.25, 0.3) is 0 Å². The summed E-state index contributed by atoms with van der Waals surface area (Å²) in [7, 11) is 1.73. The lowest BCUT2D eigenvalue weighted by Gasteiger charge is -2.18. The summed E-state index contributed by atoms with van der Waals surface area (Å²) in [5.74, 6) is 0.987. The van der Waals surface area contributed by atoms with E-state index in [1.54, 1.807) is 7.11 Å². The maximum atomic E-state index is 6.21. The van der Waals surface area contributed by atoms with Gasteiger partial charge < -0.3 is 10.5 Å². The van der Waals surface area contributed by atoms with Crippen LogP contribution in [0.4, 0.5) is 0 Å². The summed E-state index contributed by atoms with van der Waals surface area (Å²) >= 11 is 0. The van der Waals surface area contributed by atoms with E-state index < -0.39 is 0 Å². The average molecular weight is 219 g/mol. The number of methoxy groups -OCH3 is 1. The molecule has 0 spiro atoms.